The quantitative estimate of drug-likeness (QED) is 0.326. The standard InChI is InChI=1S/C22H22N4O5S2/c1-14(27)25-21-26-19(20(32-21)16-6-10-18(11-7-16)33(2,30)31)12-5-15-3-8-17(9-4-15)23-13-24-22(28)29/h3-4,6-11,13H,5,12H2,1-2H3,(H,23,24)(H,28,29)(H,25,26,27). The van der Waals surface area contributed by atoms with E-state index < -0.39 is 15.9 Å². The molecule has 0 aliphatic heterocycles. The van der Waals surface area contributed by atoms with Gasteiger partial charge in [-0.25, -0.2) is 23.2 Å². The van der Waals surface area contributed by atoms with Gasteiger partial charge in [-0.2, -0.15) is 0 Å². The molecule has 0 spiro atoms. The normalized spacial score (nSPS) is 11.5. The molecule has 0 saturated carbocycles. The summed E-state index contributed by atoms with van der Waals surface area (Å²) in [6.45, 7) is 1.41. The third-order valence-electron chi connectivity index (χ3n) is 4.51. The van der Waals surface area contributed by atoms with Gasteiger partial charge < -0.3 is 10.4 Å². The number of nitrogens with zero attached hydrogens (tertiary/aromatic N) is 2. The monoisotopic (exact) mass is 486 g/mol. The first-order chi connectivity index (χ1) is 15.6. The Hall–Kier alpha value is -3.57. The van der Waals surface area contributed by atoms with E-state index >= 15 is 0 Å². The summed E-state index contributed by atoms with van der Waals surface area (Å²) in [5, 5.41) is 13.8. The zero-order valence-corrected chi connectivity index (χ0v) is 19.5. The van der Waals surface area contributed by atoms with E-state index in [-0.39, 0.29) is 10.8 Å². The van der Waals surface area contributed by atoms with E-state index in [2.05, 4.69) is 20.6 Å². The number of nitrogens with one attached hydrogen (secondary N) is 2. The van der Waals surface area contributed by atoms with Gasteiger partial charge in [-0.15, -0.1) is 0 Å². The van der Waals surface area contributed by atoms with Crippen LogP contribution in [0.4, 0.5) is 15.6 Å². The summed E-state index contributed by atoms with van der Waals surface area (Å²) in [4.78, 5) is 31.6. The van der Waals surface area contributed by atoms with Crippen LogP contribution in [0.3, 0.4) is 0 Å². The van der Waals surface area contributed by atoms with Crippen molar-refractivity contribution in [1.29, 1.82) is 0 Å². The number of rotatable bonds is 8. The number of sulfone groups is 1. The Morgan fingerprint density at radius 2 is 1.76 bits per heavy atom. The van der Waals surface area contributed by atoms with Crippen LogP contribution in [-0.4, -0.2) is 43.1 Å². The Balaban J connectivity index is 1.79. The second-order valence-electron chi connectivity index (χ2n) is 7.15. The third kappa shape index (κ3) is 6.96. The topological polar surface area (TPSA) is 138 Å². The molecule has 3 aromatic rings. The smallest absolute Gasteiger partial charge is 0.409 e. The summed E-state index contributed by atoms with van der Waals surface area (Å²) < 4.78 is 23.5. The molecule has 0 aliphatic carbocycles. The molecule has 0 aliphatic rings. The average Bonchev–Trinajstić information content (AvgIpc) is 3.14. The Bertz CT molecular complexity index is 1280. The fourth-order valence-electron chi connectivity index (χ4n) is 2.98. The van der Waals surface area contributed by atoms with Gasteiger partial charge in [-0.05, 0) is 48.2 Å². The second kappa shape index (κ2) is 10.4. The minimum absolute atomic E-state index is 0.220. The predicted molar refractivity (Wildman–Crippen MR) is 128 cm³/mol. The van der Waals surface area contributed by atoms with Gasteiger partial charge in [0.2, 0.25) is 5.91 Å². The summed E-state index contributed by atoms with van der Waals surface area (Å²) in [6.07, 6.45) is 2.36. The van der Waals surface area contributed by atoms with Crippen LogP contribution in [-0.2, 0) is 27.5 Å². The summed E-state index contributed by atoms with van der Waals surface area (Å²) in [6, 6.07) is 14.0. The van der Waals surface area contributed by atoms with E-state index in [1.54, 1.807) is 36.4 Å². The number of aromatic nitrogens is 1. The van der Waals surface area contributed by atoms with Crippen molar-refractivity contribution in [3.8, 4) is 10.4 Å². The van der Waals surface area contributed by atoms with E-state index in [1.165, 1.54) is 18.3 Å². The second-order valence-corrected chi connectivity index (χ2v) is 10.2. The molecular weight excluding hydrogens is 464 g/mol. The van der Waals surface area contributed by atoms with Gasteiger partial charge in [0.25, 0.3) is 0 Å². The van der Waals surface area contributed by atoms with Gasteiger partial charge in [0.15, 0.2) is 15.0 Å². The fraction of sp³-hybridized carbons (Fsp3) is 0.182. The molecule has 2 aromatic carbocycles. The lowest BCUT2D eigenvalue weighted by Crippen LogP contribution is -2.17. The molecule has 9 nitrogen and oxygen atoms in total. The van der Waals surface area contributed by atoms with E-state index in [0.29, 0.717) is 23.7 Å². The van der Waals surface area contributed by atoms with Crippen LogP contribution in [0.5, 0.6) is 0 Å². The Morgan fingerprint density at radius 3 is 2.33 bits per heavy atom. The highest BCUT2D eigenvalue weighted by Gasteiger charge is 2.15. The van der Waals surface area contributed by atoms with Crippen LogP contribution in [0.2, 0.25) is 0 Å². The van der Waals surface area contributed by atoms with E-state index in [1.807, 2.05) is 12.1 Å². The number of carbonyl (C=O) groups is 2. The maximum atomic E-state index is 11.7. The number of amides is 2. The molecule has 3 rings (SSSR count). The highest BCUT2D eigenvalue weighted by molar-refractivity contribution is 7.90. The van der Waals surface area contributed by atoms with Gasteiger partial charge in [0, 0.05) is 13.2 Å². The Morgan fingerprint density at radius 1 is 1.09 bits per heavy atom. The van der Waals surface area contributed by atoms with Crippen molar-refractivity contribution in [1.82, 2.24) is 10.3 Å². The molecule has 0 saturated heterocycles. The molecule has 0 unspecified atom stereocenters. The summed E-state index contributed by atoms with van der Waals surface area (Å²) in [5.74, 6) is -0.220. The summed E-state index contributed by atoms with van der Waals surface area (Å²) in [5.41, 5.74) is 3.26. The third-order valence-corrected chi connectivity index (χ3v) is 6.70. The van der Waals surface area contributed by atoms with Crippen molar-refractivity contribution in [3.05, 3.63) is 59.8 Å². The van der Waals surface area contributed by atoms with Crippen molar-refractivity contribution >= 4 is 50.3 Å². The molecule has 1 heterocycles. The average molecular weight is 487 g/mol. The minimum Gasteiger partial charge on any atom is -0.465 e. The number of carbonyl (C=O) groups excluding carboxylic acids is 1. The van der Waals surface area contributed by atoms with Crippen LogP contribution in [0, 0.1) is 0 Å². The van der Waals surface area contributed by atoms with Crippen molar-refractivity contribution < 1.29 is 23.1 Å². The van der Waals surface area contributed by atoms with Crippen LogP contribution in [0.15, 0.2) is 58.4 Å². The van der Waals surface area contributed by atoms with E-state index in [9.17, 15) is 18.0 Å². The molecule has 2 amide bonds. The minimum atomic E-state index is -3.29. The van der Waals surface area contributed by atoms with Gasteiger partial charge in [0.1, 0.15) is 0 Å². The van der Waals surface area contributed by atoms with Gasteiger partial charge >= 0.3 is 6.09 Å². The first-order valence-corrected chi connectivity index (χ1v) is 12.5. The van der Waals surface area contributed by atoms with Crippen molar-refractivity contribution in [2.45, 2.75) is 24.7 Å². The summed E-state index contributed by atoms with van der Waals surface area (Å²) >= 11 is 1.34. The molecule has 11 heteroatoms. The van der Waals surface area contributed by atoms with Crippen molar-refractivity contribution in [3.63, 3.8) is 0 Å². The summed E-state index contributed by atoms with van der Waals surface area (Å²) in [7, 11) is -3.29. The SMILES string of the molecule is CC(=O)Nc1nc(CCc2ccc(N=CNC(=O)O)cc2)c(-c2ccc(S(C)(=O)=O)cc2)s1. The molecule has 172 valence electrons. The lowest BCUT2D eigenvalue weighted by molar-refractivity contribution is -0.114. The van der Waals surface area contributed by atoms with Gasteiger partial charge in [-0.1, -0.05) is 35.6 Å². The number of benzene rings is 2. The number of aryl methyl sites for hydroxylation is 2. The number of hydrogen-bond acceptors (Lipinski definition) is 7. The number of anilines is 1. The van der Waals surface area contributed by atoms with Crippen molar-refractivity contribution in [2.24, 2.45) is 4.99 Å². The zero-order chi connectivity index (χ0) is 24.0. The molecular formula is C22H22N4O5S2. The number of thiazole rings is 1. The number of aliphatic imine (C=N–C) groups is 1. The van der Waals surface area contributed by atoms with Crippen LogP contribution in [0.1, 0.15) is 18.2 Å². The molecule has 0 radical (unpaired) electrons. The van der Waals surface area contributed by atoms with Crippen LogP contribution in [0.25, 0.3) is 10.4 Å². The molecule has 0 bridgehead atoms. The van der Waals surface area contributed by atoms with E-state index in [0.717, 1.165) is 34.3 Å². The fourth-order valence-corrected chi connectivity index (χ4v) is 4.67. The molecule has 3 N–H and O–H groups in total. The maximum Gasteiger partial charge on any atom is 0.409 e. The van der Waals surface area contributed by atoms with Gasteiger partial charge in [0.05, 0.1) is 27.5 Å². The highest BCUT2D eigenvalue weighted by atomic mass is 32.2. The molecule has 1 aromatic heterocycles. The largest absolute Gasteiger partial charge is 0.465 e. The first kappa shape index (κ1) is 24.1. The Labute approximate surface area is 195 Å². The van der Waals surface area contributed by atoms with Crippen LogP contribution < -0.4 is 10.6 Å². The number of carboxylic acid groups (broad SMARTS) is 1. The predicted octanol–water partition coefficient (Wildman–Crippen LogP) is 3.88. The number of hydrogen-bond donors (Lipinski definition) is 3. The molecule has 0 fully saturated rings. The first-order valence-electron chi connectivity index (χ1n) is 9.80. The Kier molecular flexibility index (Phi) is 7.56. The van der Waals surface area contributed by atoms with Gasteiger partial charge in [-0.3, -0.25) is 10.1 Å². The molecule has 33 heavy (non-hydrogen) atoms. The lowest BCUT2D eigenvalue weighted by atomic mass is 10.1. The van der Waals surface area contributed by atoms with Crippen LogP contribution >= 0.6 is 11.3 Å². The zero-order valence-electron chi connectivity index (χ0n) is 17.9. The van der Waals surface area contributed by atoms with Crippen molar-refractivity contribution in [2.75, 3.05) is 11.6 Å². The lowest BCUT2D eigenvalue weighted by Gasteiger charge is -2.05. The van der Waals surface area contributed by atoms with E-state index in [4.69, 9.17) is 5.11 Å². The molecule has 0 atom stereocenters. The highest BCUT2D eigenvalue weighted by Crippen LogP contribution is 2.34. The maximum absolute atomic E-state index is 11.7.